The molecule has 1 aromatic carbocycles. The minimum atomic E-state index is -0.558. The van der Waals surface area contributed by atoms with E-state index in [2.05, 4.69) is 15.3 Å². The zero-order valence-corrected chi connectivity index (χ0v) is 14.2. The molecule has 132 valence electrons. The van der Waals surface area contributed by atoms with Crippen molar-refractivity contribution in [2.24, 2.45) is 11.1 Å². The molecule has 3 rings (SSSR count). The number of amides is 1. The zero-order chi connectivity index (χ0) is 17.7. The van der Waals surface area contributed by atoms with Gasteiger partial charge in [0.1, 0.15) is 5.75 Å². The van der Waals surface area contributed by atoms with E-state index in [0.717, 1.165) is 11.3 Å². The van der Waals surface area contributed by atoms with E-state index in [9.17, 15) is 4.79 Å². The second kappa shape index (κ2) is 7.58. The van der Waals surface area contributed by atoms with Crippen molar-refractivity contribution in [3.63, 3.8) is 0 Å². The van der Waals surface area contributed by atoms with Crippen LogP contribution in [0, 0.1) is 12.3 Å². The second-order valence-corrected chi connectivity index (χ2v) is 6.16. The molecule has 25 heavy (non-hydrogen) atoms. The Balaban J connectivity index is 1.71. The molecule has 0 bridgehead atoms. The number of ether oxygens (including phenoxy) is 2. The highest BCUT2D eigenvalue weighted by Crippen LogP contribution is 2.32. The highest BCUT2D eigenvalue weighted by Gasteiger charge is 2.38. The molecule has 0 aliphatic carbocycles. The number of rotatable bonds is 5. The summed E-state index contributed by atoms with van der Waals surface area (Å²) in [7, 11) is 0. The number of nitrogens with two attached hydrogens (primary N) is 1. The number of anilines is 1. The molecule has 7 heteroatoms. The molecule has 1 aliphatic rings. The Bertz CT molecular complexity index is 730. The Morgan fingerprint density at radius 1 is 1.32 bits per heavy atom. The number of nitrogens with zero attached hydrogens (tertiary/aromatic N) is 2. The highest BCUT2D eigenvalue weighted by atomic mass is 16.5. The van der Waals surface area contributed by atoms with Crippen LogP contribution in [0.2, 0.25) is 0 Å². The van der Waals surface area contributed by atoms with Crippen molar-refractivity contribution in [2.45, 2.75) is 19.8 Å². The van der Waals surface area contributed by atoms with Crippen molar-refractivity contribution in [2.75, 3.05) is 25.1 Å². The number of carbonyl (C=O) groups is 1. The molecule has 1 amide bonds. The number of nitrogens with one attached hydrogen (secondary N) is 1. The molecule has 0 spiro atoms. The van der Waals surface area contributed by atoms with Crippen LogP contribution in [-0.2, 0) is 9.53 Å². The topological polar surface area (TPSA) is 99.4 Å². The lowest BCUT2D eigenvalue weighted by Crippen LogP contribution is -2.46. The normalized spacial score (nSPS) is 16.2. The van der Waals surface area contributed by atoms with E-state index in [-0.39, 0.29) is 11.9 Å². The van der Waals surface area contributed by atoms with Crippen LogP contribution in [0.5, 0.6) is 11.8 Å². The Hall–Kier alpha value is -2.51. The predicted molar refractivity (Wildman–Crippen MR) is 93.5 cm³/mol. The van der Waals surface area contributed by atoms with E-state index in [1.807, 2.05) is 19.1 Å². The third kappa shape index (κ3) is 3.94. The fraction of sp³-hybridized carbons (Fsp3) is 0.389. The van der Waals surface area contributed by atoms with Gasteiger partial charge in [-0.2, -0.15) is 0 Å². The maximum absolute atomic E-state index is 12.8. The Morgan fingerprint density at radius 2 is 2.04 bits per heavy atom. The van der Waals surface area contributed by atoms with E-state index in [0.29, 0.717) is 38.3 Å². The number of carbonyl (C=O) groups excluding carboxylic acids is 1. The molecule has 1 fully saturated rings. The van der Waals surface area contributed by atoms with Gasteiger partial charge < -0.3 is 20.5 Å². The number of benzene rings is 1. The van der Waals surface area contributed by atoms with E-state index in [1.54, 1.807) is 24.5 Å². The fourth-order valence-electron chi connectivity index (χ4n) is 2.82. The Morgan fingerprint density at radius 3 is 2.68 bits per heavy atom. The first-order valence-corrected chi connectivity index (χ1v) is 8.28. The van der Waals surface area contributed by atoms with Gasteiger partial charge >= 0.3 is 6.01 Å². The lowest BCUT2D eigenvalue weighted by molar-refractivity contribution is -0.130. The van der Waals surface area contributed by atoms with Gasteiger partial charge in [0.15, 0.2) is 0 Å². The minimum Gasteiger partial charge on any atom is -0.424 e. The summed E-state index contributed by atoms with van der Waals surface area (Å²) in [6.45, 7) is 3.35. The van der Waals surface area contributed by atoms with E-state index < -0.39 is 5.41 Å². The smallest absolute Gasteiger partial charge is 0.321 e. The quantitative estimate of drug-likeness (QED) is 0.865. The molecule has 3 N–H and O–H groups in total. The van der Waals surface area contributed by atoms with Gasteiger partial charge in [-0.05, 0) is 49.6 Å². The molecule has 2 aromatic rings. The van der Waals surface area contributed by atoms with Gasteiger partial charge in [-0.15, -0.1) is 0 Å². The minimum absolute atomic E-state index is 0.0542. The molecule has 0 atom stereocenters. The summed E-state index contributed by atoms with van der Waals surface area (Å²) in [5, 5.41) is 3.00. The third-order valence-electron chi connectivity index (χ3n) is 4.52. The molecule has 2 heterocycles. The van der Waals surface area contributed by atoms with Crippen LogP contribution in [0.25, 0.3) is 0 Å². The van der Waals surface area contributed by atoms with Crippen LogP contribution >= 0.6 is 0 Å². The highest BCUT2D eigenvalue weighted by molar-refractivity contribution is 5.96. The third-order valence-corrected chi connectivity index (χ3v) is 4.52. The van der Waals surface area contributed by atoms with Crippen molar-refractivity contribution in [3.05, 3.63) is 42.2 Å². The molecule has 1 saturated heterocycles. The van der Waals surface area contributed by atoms with Gasteiger partial charge in [-0.1, -0.05) is 0 Å². The first-order valence-electron chi connectivity index (χ1n) is 8.28. The van der Waals surface area contributed by atoms with Gasteiger partial charge in [0.25, 0.3) is 0 Å². The Kier molecular flexibility index (Phi) is 5.25. The average molecular weight is 342 g/mol. The van der Waals surface area contributed by atoms with E-state index in [1.165, 1.54) is 0 Å². The summed E-state index contributed by atoms with van der Waals surface area (Å²) < 4.78 is 11.0. The van der Waals surface area contributed by atoms with Gasteiger partial charge in [0, 0.05) is 37.8 Å². The van der Waals surface area contributed by atoms with E-state index >= 15 is 0 Å². The lowest BCUT2D eigenvalue weighted by atomic mass is 9.79. The van der Waals surface area contributed by atoms with Gasteiger partial charge in [-0.3, -0.25) is 4.79 Å². The summed E-state index contributed by atoms with van der Waals surface area (Å²) >= 11 is 0. The molecular weight excluding hydrogens is 320 g/mol. The van der Waals surface area contributed by atoms with E-state index in [4.69, 9.17) is 15.2 Å². The largest absolute Gasteiger partial charge is 0.424 e. The molecule has 0 unspecified atom stereocenters. The van der Waals surface area contributed by atoms with Gasteiger partial charge in [-0.25, -0.2) is 9.97 Å². The zero-order valence-electron chi connectivity index (χ0n) is 14.2. The summed E-state index contributed by atoms with van der Waals surface area (Å²) in [6.07, 6.45) is 4.51. The fourth-order valence-corrected chi connectivity index (χ4v) is 2.82. The average Bonchev–Trinajstić information content (AvgIpc) is 2.65. The summed E-state index contributed by atoms with van der Waals surface area (Å²) in [5.74, 6) is 0.558. The molecule has 0 radical (unpaired) electrons. The maximum Gasteiger partial charge on any atom is 0.321 e. The predicted octanol–water partition coefficient (Wildman–Crippen LogP) is 2.27. The summed E-state index contributed by atoms with van der Waals surface area (Å²) in [5.41, 5.74) is 6.96. The van der Waals surface area contributed by atoms with Gasteiger partial charge in [0.2, 0.25) is 5.91 Å². The Labute approximate surface area is 146 Å². The van der Waals surface area contributed by atoms with Crippen LogP contribution < -0.4 is 15.8 Å². The maximum atomic E-state index is 12.8. The molecule has 7 nitrogen and oxygen atoms in total. The van der Waals surface area contributed by atoms with Crippen LogP contribution in [0.4, 0.5) is 5.69 Å². The van der Waals surface area contributed by atoms with Crippen LogP contribution in [0.3, 0.4) is 0 Å². The summed E-state index contributed by atoms with van der Waals surface area (Å²) in [6, 6.07) is 7.43. The van der Waals surface area contributed by atoms with Crippen molar-refractivity contribution in [1.29, 1.82) is 0 Å². The van der Waals surface area contributed by atoms with Crippen molar-refractivity contribution in [1.82, 2.24) is 9.97 Å². The summed E-state index contributed by atoms with van der Waals surface area (Å²) in [4.78, 5) is 20.8. The van der Waals surface area contributed by atoms with Crippen LogP contribution in [-0.4, -0.2) is 35.6 Å². The number of hydrogen-bond acceptors (Lipinski definition) is 6. The van der Waals surface area contributed by atoms with Crippen LogP contribution in [0.15, 0.2) is 36.7 Å². The monoisotopic (exact) mass is 342 g/mol. The lowest BCUT2D eigenvalue weighted by Gasteiger charge is -2.34. The molecule has 1 aromatic heterocycles. The first-order chi connectivity index (χ1) is 12.1. The molecule has 1 aliphatic heterocycles. The SMILES string of the molecule is Cc1cc(Oc2ncccn2)ccc1NC(=O)C1(CN)CCOCC1. The number of aryl methyl sites for hydroxylation is 1. The van der Waals surface area contributed by atoms with Crippen molar-refractivity contribution >= 4 is 11.6 Å². The van der Waals surface area contributed by atoms with Crippen LogP contribution in [0.1, 0.15) is 18.4 Å². The molecule has 0 saturated carbocycles. The van der Waals surface area contributed by atoms with Gasteiger partial charge in [0.05, 0.1) is 5.41 Å². The van der Waals surface area contributed by atoms with Crippen molar-refractivity contribution < 1.29 is 14.3 Å². The van der Waals surface area contributed by atoms with Crippen molar-refractivity contribution in [3.8, 4) is 11.8 Å². The number of hydrogen-bond donors (Lipinski definition) is 2. The standard InChI is InChI=1S/C18H22N4O3/c1-13-11-14(25-17-20-7-2-8-21-17)3-4-15(13)22-16(23)18(12-19)5-9-24-10-6-18/h2-4,7-8,11H,5-6,9-10,12,19H2,1H3,(H,22,23). The molecular formula is C18H22N4O3. The first kappa shape index (κ1) is 17.3. The number of aromatic nitrogens is 2. The second-order valence-electron chi connectivity index (χ2n) is 6.16.